The second-order valence-electron chi connectivity index (χ2n) is 6.73. The van der Waals surface area contributed by atoms with Gasteiger partial charge in [0.2, 0.25) is 11.8 Å². The second-order valence-corrected chi connectivity index (χ2v) is 6.73. The molecule has 0 aromatic heterocycles. The van der Waals surface area contributed by atoms with Crippen LogP contribution in [0.2, 0.25) is 0 Å². The first kappa shape index (κ1) is 18.4. The average molecular weight is 335 g/mol. The largest absolute Gasteiger partial charge is 0.368 e. The Labute approximate surface area is 142 Å². The van der Waals surface area contributed by atoms with Crippen LogP contribution >= 0.6 is 0 Å². The van der Waals surface area contributed by atoms with Gasteiger partial charge in [-0.2, -0.15) is 0 Å². The normalized spacial score (nSPS) is 19.9. The van der Waals surface area contributed by atoms with Crippen molar-refractivity contribution in [2.75, 3.05) is 13.1 Å². The minimum absolute atomic E-state index is 0.147. The summed E-state index contributed by atoms with van der Waals surface area (Å²) in [5.41, 5.74) is 6.31. The summed E-state index contributed by atoms with van der Waals surface area (Å²) < 4.78 is 13.1. The molecule has 1 heterocycles. The molecule has 1 aliphatic heterocycles. The van der Waals surface area contributed by atoms with Crippen molar-refractivity contribution in [1.82, 2.24) is 10.2 Å². The molecule has 2 rings (SSSR count). The van der Waals surface area contributed by atoms with E-state index in [0.29, 0.717) is 13.0 Å². The molecule has 24 heavy (non-hydrogen) atoms. The lowest BCUT2D eigenvalue weighted by atomic mass is 9.96. The van der Waals surface area contributed by atoms with Crippen molar-refractivity contribution in [2.24, 2.45) is 11.7 Å². The van der Waals surface area contributed by atoms with Crippen molar-refractivity contribution >= 4 is 11.8 Å². The van der Waals surface area contributed by atoms with Gasteiger partial charge in [0, 0.05) is 0 Å². The molecule has 2 amide bonds. The molecule has 5 nitrogen and oxygen atoms in total. The van der Waals surface area contributed by atoms with Crippen LogP contribution in [0.1, 0.15) is 44.7 Å². The summed E-state index contributed by atoms with van der Waals surface area (Å²) >= 11 is 0. The van der Waals surface area contributed by atoms with Crippen molar-refractivity contribution in [3.8, 4) is 0 Å². The number of nitrogens with zero attached hydrogens (tertiary/aromatic N) is 1. The van der Waals surface area contributed by atoms with Crippen LogP contribution in [0.15, 0.2) is 24.3 Å². The Morgan fingerprint density at radius 3 is 2.54 bits per heavy atom. The van der Waals surface area contributed by atoms with Gasteiger partial charge >= 0.3 is 0 Å². The summed E-state index contributed by atoms with van der Waals surface area (Å²) in [6.45, 7) is 4.85. The summed E-state index contributed by atoms with van der Waals surface area (Å²) in [5.74, 6) is -0.662. The number of amides is 2. The lowest BCUT2D eigenvalue weighted by molar-refractivity contribution is -0.128. The van der Waals surface area contributed by atoms with E-state index in [2.05, 4.69) is 5.32 Å². The van der Waals surface area contributed by atoms with Crippen LogP contribution in [0.3, 0.4) is 0 Å². The molecule has 6 heteroatoms. The molecule has 132 valence electrons. The van der Waals surface area contributed by atoms with Crippen LogP contribution in [-0.2, 0) is 9.59 Å². The van der Waals surface area contributed by atoms with Crippen LogP contribution in [0.25, 0.3) is 0 Å². The summed E-state index contributed by atoms with van der Waals surface area (Å²) in [6, 6.07) is 5.60. The van der Waals surface area contributed by atoms with Gasteiger partial charge in [-0.05, 0) is 43.0 Å². The Hall–Kier alpha value is -1.95. The molecular formula is C18H26FN3O2. The zero-order valence-electron chi connectivity index (χ0n) is 14.3. The van der Waals surface area contributed by atoms with Gasteiger partial charge in [0.1, 0.15) is 5.82 Å². The number of hydrogen-bond acceptors (Lipinski definition) is 3. The molecule has 1 saturated heterocycles. The lowest BCUT2D eigenvalue weighted by Crippen LogP contribution is -2.51. The predicted molar refractivity (Wildman–Crippen MR) is 90.5 cm³/mol. The SMILES string of the molecule is CC(C)[C@@H](NC(=O)CN1CCCC[C@H]1C(N)=O)c1ccc(F)cc1. The van der Waals surface area contributed by atoms with Gasteiger partial charge in [-0.3, -0.25) is 14.5 Å². The standard InChI is InChI=1S/C18H26FN3O2/c1-12(2)17(13-6-8-14(19)9-7-13)21-16(23)11-22-10-4-3-5-15(22)18(20)24/h6-9,12,15,17H,3-5,10-11H2,1-2H3,(H2,20,24)(H,21,23)/t15-,17+/m0/s1. The zero-order chi connectivity index (χ0) is 17.7. The third kappa shape index (κ3) is 4.77. The Bertz CT molecular complexity index is 574. The van der Waals surface area contributed by atoms with Crippen LogP contribution in [0.4, 0.5) is 4.39 Å². The predicted octanol–water partition coefficient (Wildman–Crippen LogP) is 1.98. The fraction of sp³-hybridized carbons (Fsp3) is 0.556. The summed E-state index contributed by atoms with van der Waals surface area (Å²) in [6.07, 6.45) is 2.62. The molecule has 0 unspecified atom stereocenters. The molecule has 1 aromatic carbocycles. The first-order valence-electron chi connectivity index (χ1n) is 8.46. The third-order valence-electron chi connectivity index (χ3n) is 4.50. The van der Waals surface area contributed by atoms with Gasteiger partial charge < -0.3 is 11.1 Å². The number of hydrogen-bond donors (Lipinski definition) is 2. The van der Waals surface area contributed by atoms with E-state index in [1.807, 2.05) is 18.7 Å². The van der Waals surface area contributed by atoms with E-state index in [9.17, 15) is 14.0 Å². The van der Waals surface area contributed by atoms with E-state index in [1.54, 1.807) is 12.1 Å². The Morgan fingerprint density at radius 2 is 1.96 bits per heavy atom. The maximum atomic E-state index is 13.1. The lowest BCUT2D eigenvalue weighted by Gasteiger charge is -2.33. The topological polar surface area (TPSA) is 75.4 Å². The van der Waals surface area contributed by atoms with E-state index in [-0.39, 0.29) is 42.2 Å². The molecule has 0 saturated carbocycles. The Morgan fingerprint density at radius 1 is 1.29 bits per heavy atom. The fourth-order valence-electron chi connectivity index (χ4n) is 3.21. The number of primary amides is 1. The van der Waals surface area contributed by atoms with Gasteiger partial charge in [-0.25, -0.2) is 4.39 Å². The highest BCUT2D eigenvalue weighted by atomic mass is 19.1. The van der Waals surface area contributed by atoms with E-state index in [4.69, 9.17) is 5.73 Å². The van der Waals surface area contributed by atoms with Gasteiger partial charge in [0.15, 0.2) is 0 Å². The molecule has 0 aliphatic carbocycles. The highest BCUT2D eigenvalue weighted by molar-refractivity contribution is 5.82. The molecule has 1 aliphatic rings. The van der Waals surface area contributed by atoms with Crippen LogP contribution in [0, 0.1) is 11.7 Å². The smallest absolute Gasteiger partial charge is 0.234 e. The number of likely N-dealkylation sites (tertiary alicyclic amines) is 1. The van der Waals surface area contributed by atoms with Crippen molar-refractivity contribution in [3.05, 3.63) is 35.6 Å². The van der Waals surface area contributed by atoms with Crippen molar-refractivity contribution in [2.45, 2.75) is 45.2 Å². The zero-order valence-corrected chi connectivity index (χ0v) is 14.3. The summed E-state index contributed by atoms with van der Waals surface area (Å²) in [7, 11) is 0. The number of nitrogens with one attached hydrogen (secondary N) is 1. The molecule has 0 bridgehead atoms. The molecule has 2 atom stereocenters. The van der Waals surface area contributed by atoms with Gasteiger partial charge in [-0.1, -0.05) is 32.4 Å². The molecule has 1 fully saturated rings. The minimum atomic E-state index is -0.374. The molecular weight excluding hydrogens is 309 g/mol. The van der Waals surface area contributed by atoms with E-state index >= 15 is 0 Å². The van der Waals surface area contributed by atoms with Gasteiger partial charge in [-0.15, -0.1) is 0 Å². The third-order valence-corrected chi connectivity index (χ3v) is 4.50. The van der Waals surface area contributed by atoms with Crippen LogP contribution < -0.4 is 11.1 Å². The number of carbonyl (C=O) groups excluding carboxylic acids is 2. The highest BCUT2D eigenvalue weighted by Crippen LogP contribution is 2.22. The first-order valence-corrected chi connectivity index (χ1v) is 8.46. The maximum Gasteiger partial charge on any atom is 0.234 e. The van der Waals surface area contributed by atoms with Crippen molar-refractivity contribution in [1.29, 1.82) is 0 Å². The van der Waals surface area contributed by atoms with E-state index in [0.717, 1.165) is 18.4 Å². The van der Waals surface area contributed by atoms with Gasteiger partial charge in [0.05, 0.1) is 18.6 Å². The number of carbonyl (C=O) groups is 2. The minimum Gasteiger partial charge on any atom is -0.368 e. The highest BCUT2D eigenvalue weighted by Gasteiger charge is 2.29. The Kier molecular flexibility index (Phi) is 6.31. The molecule has 0 spiro atoms. The second kappa shape index (κ2) is 8.24. The van der Waals surface area contributed by atoms with Crippen molar-refractivity contribution in [3.63, 3.8) is 0 Å². The van der Waals surface area contributed by atoms with E-state index < -0.39 is 0 Å². The van der Waals surface area contributed by atoms with Crippen LogP contribution in [-0.4, -0.2) is 35.8 Å². The number of nitrogens with two attached hydrogens (primary N) is 1. The average Bonchev–Trinajstić information content (AvgIpc) is 2.53. The molecule has 0 radical (unpaired) electrons. The summed E-state index contributed by atoms with van der Waals surface area (Å²) in [5, 5.41) is 3.00. The Balaban J connectivity index is 2.02. The maximum absolute atomic E-state index is 13.1. The first-order chi connectivity index (χ1) is 11.4. The number of benzene rings is 1. The summed E-state index contributed by atoms with van der Waals surface area (Å²) in [4.78, 5) is 25.8. The number of rotatable bonds is 6. The number of halogens is 1. The van der Waals surface area contributed by atoms with Gasteiger partial charge in [0.25, 0.3) is 0 Å². The van der Waals surface area contributed by atoms with E-state index in [1.165, 1.54) is 12.1 Å². The molecule has 1 aromatic rings. The number of piperidine rings is 1. The van der Waals surface area contributed by atoms with Crippen LogP contribution in [0.5, 0.6) is 0 Å². The monoisotopic (exact) mass is 335 g/mol. The quantitative estimate of drug-likeness (QED) is 0.835. The molecule has 3 N–H and O–H groups in total. The fourth-order valence-corrected chi connectivity index (χ4v) is 3.21. The van der Waals surface area contributed by atoms with Crippen molar-refractivity contribution < 1.29 is 14.0 Å².